The number of hydrogen-bond acceptors (Lipinski definition) is 4. The van der Waals surface area contributed by atoms with Gasteiger partial charge in [-0.3, -0.25) is 9.59 Å². The number of H-pyrrole nitrogens is 1. The van der Waals surface area contributed by atoms with Crippen molar-refractivity contribution < 1.29 is 13.2 Å². The Balaban J connectivity index is 1.78. The van der Waals surface area contributed by atoms with Crippen molar-refractivity contribution in [3.63, 3.8) is 0 Å². The Kier molecular flexibility index (Phi) is 6.31. The molecule has 168 valence electrons. The molecule has 0 unspecified atom stereocenters. The van der Waals surface area contributed by atoms with E-state index in [0.29, 0.717) is 11.1 Å². The lowest BCUT2D eigenvalue weighted by Crippen LogP contribution is -2.42. The van der Waals surface area contributed by atoms with Gasteiger partial charge < -0.3 is 4.98 Å². The van der Waals surface area contributed by atoms with Crippen molar-refractivity contribution in [1.82, 2.24) is 9.29 Å². The molecule has 0 atom stereocenters. The monoisotopic (exact) mass is 452 g/mol. The third-order valence-electron chi connectivity index (χ3n) is 6.23. The van der Waals surface area contributed by atoms with Gasteiger partial charge in [-0.25, -0.2) is 8.42 Å². The lowest BCUT2D eigenvalue weighted by atomic mass is 9.95. The quantitative estimate of drug-likeness (QED) is 0.555. The first kappa shape index (κ1) is 22.4. The second-order valence-electron chi connectivity index (χ2n) is 8.64. The summed E-state index contributed by atoms with van der Waals surface area (Å²) in [7, 11) is -3.90. The summed E-state index contributed by atoms with van der Waals surface area (Å²) in [6.45, 7) is 3.37. The molecule has 0 amide bonds. The first-order chi connectivity index (χ1) is 15.3. The maximum atomic E-state index is 13.7. The van der Waals surface area contributed by atoms with Crippen LogP contribution < -0.4 is 5.56 Å². The number of aryl methyl sites for hydroxylation is 1. The van der Waals surface area contributed by atoms with E-state index in [9.17, 15) is 18.0 Å². The van der Waals surface area contributed by atoms with Gasteiger partial charge in [0.05, 0.1) is 4.90 Å². The second-order valence-corrected chi connectivity index (χ2v) is 10.5. The van der Waals surface area contributed by atoms with Crippen molar-refractivity contribution in [2.45, 2.75) is 63.4 Å². The van der Waals surface area contributed by atoms with Crippen LogP contribution in [0.4, 0.5) is 0 Å². The number of carbonyl (C=O) groups excluding carboxylic acids is 1. The largest absolute Gasteiger partial charge is 0.322 e. The molecule has 1 aromatic heterocycles. The molecule has 1 heterocycles. The molecule has 2 aromatic carbocycles. The lowest BCUT2D eigenvalue weighted by molar-refractivity contribution is 0.101. The minimum absolute atomic E-state index is 0.00352. The molecule has 6 nitrogen and oxygen atoms in total. The van der Waals surface area contributed by atoms with E-state index in [1.54, 1.807) is 18.2 Å². The van der Waals surface area contributed by atoms with Gasteiger partial charge >= 0.3 is 0 Å². The first-order valence-electron chi connectivity index (χ1n) is 11.0. The Labute approximate surface area is 188 Å². The van der Waals surface area contributed by atoms with Crippen LogP contribution >= 0.6 is 0 Å². The minimum atomic E-state index is -3.90. The highest BCUT2D eigenvalue weighted by Crippen LogP contribution is 2.30. The van der Waals surface area contributed by atoms with Gasteiger partial charge in [0.1, 0.15) is 0 Å². The van der Waals surface area contributed by atoms with Gasteiger partial charge in [0, 0.05) is 29.2 Å². The third-order valence-corrected chi connectivity index (χ3v) is 8.13. The summed E-state index contributed by atoms with van der Waals surface area (Å²) in [5.74, 6) is -0.187. The predicted octanol–water partition coefficient (Wildman–Crippen LogP) is 4.56. The maximum Gasteiger partial charge on any atom is 0.252 e. The lowest BCUT2D eigenvalue weighted by Gasteiger charge is -2.33. The molecule has 32 heavy (non-hydrogen) atoms. The number of Topliss-reactive ketones (excluding diaryl/α,β-unsaturated/α-hetero) is 1. The normalized spacial score (nSPS) is 15.3. The summed E-state index contributed by atoms with van der Waals surface area (Å²) >= 11 is 0. The molecule has 0 saturated heterocycles. The predicted molar refractivity (Wildman–Crippen MR) is 125 cm³/mol. The molecule has 1 N–H and O–H groups in total. The van der Waals surface area contributed by atoms with Crippen molar-refractivity contribution in [3.8, 4) is 0 Å². The van der Waals surface area contributed by atoms with Crippen molar-refractivity contribution in [2.24, 2.45) is 0 Å². The number of benzene rings is 2. The van der Waals surface area contributed by atoms with Crippen molar-refractivity contribution in [1.29, 1.82) is 0 Å². The topological polar surface area (TPSA) is 87.3 Å². The number of ketones is 1. The van der Waals surface area contributed by atoms with Crippen LogP contribution in [0.25, 0.3) is 10.9 Å². The van der Waals surface area contributed by atoms with Crippen LogP contribution in [0.3, 0.4) is 0 Å². The zero-order chi connectivity index (χ0) is 22.9. The fourth-order valence-corrected chi connectivity index (χ4v) is 6.15. The number of fused-ring (bicyclic) bond motifs is 1. The summed E-state index contributed by atoms with van der Waals surface area (Å²) < 4.78 is 28.9. The average Bonchev–Trinajstić information content (AvgIpc) is 2.78. The van der Waals surface area contributed by atoms with E-state index in [2.05, 4.69) is 4.98 Å². The SMILES string of the molecule is CC(=O)c1cccc(S(=O)(=O)N(Cc2cc3ccc(C)cc3[nH]c2=O)C2CCCCC2)c1. The van der Waals surface area contributed by atoms with E-state index in [0.717, 1.165) is 48.6 Å². The summed E-state index contributed by atoms with van der Waals surface area (Å²) in [5.41, 5.74) is 2.26. The zero-order valence-corrected chi connectivity index (χ0v) is 19.2. The van der Waals surface area contributed by atoms with E-state index in [-0.39, 0.29) is 28.8 Å². The summed E-state index contributed by atoms with van der Waals surface area (Å²) in [6.07, 6.45) is 4.52. The standard InChI is InChI=1S/C25H28N2O4S/c1-17-11-12-20-14-21(25(29)26-24(20)13-17)16-27(22-8-4-3-5-9-22)32(30,31)23-10-6-7-19(15-23)18(2)28/h6-7,10-15,22H,3-5,8-9,16H2,1-2H3,(H,26,29). The van der Waals surface area contributed by atoms with Crippen molar-refractivity contribution in [2.75, 3.05) is 0 Å². The highest BCUT2D eigenvalue weighted by Gasteiger charge is 2.33. The van der Waals surface area contributed by atoms with E-state index in [1.807, 2.05) is 25.1 Å². The number of nitrogens with one attached hydrogen (secondary N) is 1. The van der Waals surface area contributed by atoms with Crippen LogP contribution in [0.5, 0.6) is 0 Å². The highest BCUT2D eigenvalue weighted by atomic mass is 32.2. The number of aromatic nitrogens is 1. The number of carbonyl (C=O) groups is 1. The second kappa shape index (κ2) is 9.00. The van der Waals surface area contributed by atoms with E-state index < -0.39 is 10.0 Å². The van der Waals surface area contributed by atoms with Gasteiger partial charge in [0.15, 0.2) is 5.78 Å². The molecular weight excluding hydrogens is 424 g/mol. The van der Waals surface area contributed by atoms with Crippen molar-refractivity contribution in [3.05, 3.63) is 75.6 Å². The van der Waals surface area contributed by atoms with E-state index in [4.69, 9.17) is 0 Å². The van der Waals surface area contributed by atoms with Gasteiger partial charge in [0.25, 0.3) is 5.56 Å². The Morgan fingerprint density at radius 1 is 1.06 bits per heavy atom. The number of rotatable bonds is 6. The Morgan fingerprint density at radius 3 is 2.53 bits per heavy atom. The third kappa shape index (κ3) is 4.54. The average molecular weight is 453 g/mol. The zero-order valence-electron chi connectivity index (χ0n) is 18.4. The van der Waals surface area contributed by atoms with Crippen LogP contribution in [0.15, 0.2) is 58.2 Å². The molecule has 4 rings (SSSR count). The molecule has 0 bridgehead atoms. The van der Waals surface area contributed by atoms with Crippen LogP contribution in [-0.2, 0) is 16.6 Å². The molecule has 0 radical (unpaired) electrons. The first-order valence-corrected chi connectivity index (χ1v) is 12.4. The van der Waals surface area contributed by atoms with Crippen molar-refractivity contribution >= 4 is 26.7 Å². The molecule has 1 fully saturated rings. The van der Waals surface area contributed by atoms with E-state index >= 15 is 0 Å². The fourth-order valence-electron chi connectivity index (χ4n) is 4.44. The summed E-state index contributed by atoms with van der Waals surface area (Å²) in [6, 6.07) is 13.6. The summed E-state index contributed by atoms with van der Waals surface area (Å²) in [5, 5.41) is 0.866. The smallest absolute Gasteiger partial charge is 0.252 e. The highest BCUT2D eigenvalue weighted by molar-refractivity contribution is 7.89. The van der Waals surface area contributed by atoms with Gasteiger partial charge in [-0.2, -0.15) is 4.31 Å². The Morgan fingerprint density at radius 2 is 1.81 bits per heavy atom. The molecule has 0 aliphatic heterocycles. The Hall–Kier alpha value is -2.77. The van der Waals surface area contributed by atoms with Crippen LogP contribution in [0.1, 0.15) is 60.5 Å². The molecule has 3 aromatic rings. The molecule has 1 saturated carbocycles. The molecule has 0 spiro atoms. The number of pyridine rings is 1. The van der Waals surface area contributed by atoms with Gasteiger partial charge in [0.2, 0.25) is 10.0 Å². The van der Waals surface area contributed by atoms with Gasteiger partial charge in [-0.15, -0.1) is 0 Å². The maximum absolute atomic E-state index is 13.7. The molecular formula is C25H28N2O4S. The number of sulfonamides is 1. The Bertz CT molecular complexity index is 1320. The van der Waals surface area contributed by atoms with Crippen LogP contribution in [0.2, 0.25) is 0 Å². The molecule has 7 heteroatoms. The fraction of sp³-hybridized carbons (Fsp3) is 0.360. The van der Waals surface area contributed by atoms with Gasteiger partial charge in [-0.05, 0) is 61.9 Å². The minimum Gasteiger partial charge on any atom is -0.322 e. The van der Waals surface area contributed by atoms with Crippen LogP contribution in [-0.4, -0.2) is 29.5 Å². The van der Waals surface area contributed by atoms with E-state index in [1.165, 1.54) is 23.4 Å². The number of aromatic amines is 1. The van der Waals surface area contributed by atoms with Crippen LogP contribution in [0, 0.1) is 6.92 Å². The number of nitrogens with zero attached hydrogens (tertiary/aromatic N) is 1. The summed E-state index contributed by atoms with van der Waals surface area (Å²) in [4.78, 5) is 27.7. The number of hydrogen-bond donors (Lipinski definition) is 1. The van der Waals surface area contributed by atoms with Gasteiger partial charge in [-0.1, -0.05) is 43.5 Å². The molecule has 1 aliphatic carbocycles. The molecule has 1 aliphatic rings.